The molecule has 1 saturated heterocycles. The third kappa shape index (κ3) is 11.8. The topological polar surface area (TPSA) is 12.0 Å². The highest BCUT2D eigenvalue weighted by atomic mass is 15.0. The summed E-state index contributed by atoms with van der Waals surface area (Å²) in [5, 5.41) is 4.24. The predicted octanol–water partition coefficient (Wildman–Crippen LogP) is 11.4. The van der Waals surface area contributed by atoms with Crippen LogP contribution in [0, 0.1) is 23.7 Å². The van der Waals surface area contributed by atoms with E-state index in [2.05, 4.69) is 19.2 Å². The number of hydrogen-bond donors (Lipinski definition) is 1. The summed E-state index contributed by atoms with van der Waals surface area (Å²) >= 11 is 0. The number of rotatable bonds is 19. The minimum absolute atomic E-state index is 0.861. The number of piperidine rings is 1. The van der Waals surface area contributed by atoms with Crippen molar-refractivity contribution >= 4 is 0 Å². The molecule has 1 heterocycles. The smallest absolute Gasteiger partial charge is 0.00982 e. The van der Waals surface area contributed by atoms with Crippen molar-refractivity contribution < 1.29 is 0 Å². The molecule has 0 aromatic carbocycles. The van der Waals surface area contributed by atoms with E-state index in [0.29, 0.717) is 0 Å². The van der Waals surface area contributed by atoms with Crippen molar-refractivity contribution in [3.63, 3.8) is 0 Å². The fourth-order valence-electron chi connectivity index (χ4n) is 8.30. The first kappa shape index (κ1) is 30.5. The normalized spacial score (nSPS) is 30.8. The van der Waals surface area contributed by atoms with E-state index in [0.717, 1.165) is 35.8 Å². The lowest BCUT2D eigenvalue weighted by Crippen LogP contribution is -2.53. The Morgan fingerprint density at radius 2 is 0.833 bits per heavy atom. The maximum absolute atomic E-state index is 4.24. The van der Waals surface area contributed by atoms with Gasteiger partial charge in [-0.3, -0.25) is 0 Å². The van der Waals surface area contributed by atoms with Crippen molar-refractivity contribution in [2.24, 2.45) is 23.7 Å². The highest BCUT2D eigenvalue weighted by Gasteiger charge is 2.38. The van der Waals surface area contributed by atoms with Crippen LogP contribution in [-0.4, -0.2) is 12.1 Å². The second-order valence-corrected chi connectivity index (χ2v) is 13.7. The van der Waals surface area contributed by atoms with Gasteiger partial charge >= 0.3 is 0 Å². The third-order valence-corrected chi connectivity index (χ3v) is 10.8. The van der Waals surface area contributed by atoms with E-state index in [9.17, 15) is 0 Å². The largest absolute Gasteiger partial charge is 0.311 e. The molecule has 0 radical (unpaired) electrons. The molecule has 3 fully saturated rings. The molecular formula is C35H67N. The third-order valence-electron chi connectivity index (χ3n) is 10.8. The average molecular weight is 502 g/mol. The maximum atomic E-state index is 4.24. The van der Waals surface area contributed by atoms with Crippen molar-refractivity contribution in [2.45, 2.75) is 199 Å². The molecular weight excluding hydrogens is 434 g/mol. The highest BCUT2D eigenvalue weighted by molar-refractivity contribution is 4.94. The van der Waals surface area contributed by atoms with E-state index in [1.807, 2.05) is 0 Å². The van der Waals surface area contributed by atoms with Crippen molar-refractivity contribution in [3.8, 4) is 0 Å². The van der Waals surface area contributed by atoms with Crippen LogP contribution in [0.1, 0.15) is 187 Å². The molecule has 0 aromatic rings. The molecule has 0 aromatic heterocycles. The van der Waals surface area contributed by atoms with Crippen molar-refractivity contribution in [2.75, 3.05) is 0 Å². The SMILES string of the molecule is CCCCCCCCCCCCCCC1CCC2NC(C3CCC(CCCCCC)CC3)CCC2C1. The molecule has 4 unspecified atom stereocenters. The summed E-state index contributed by atoms with van der Waals surface area (Å²) in [6, 6.07) is 1.73. The minimum Gasteiger partial charge on any atom is -0.311 e. The number of nitrogens with one attached hydrogen (secondary N) is 1. The predicted molar refractivity (Wildman–Crippen MR) is 161 cm³/mol. The molecule has 0 bridgehead atoms. The quantitative estimate of drug-likeness (QED) is 0.173. The van der Waals surface area contributed by atoms with Crippen molar-refractivity contribution in [3.05, 3.63) is 0 Å². The van der Waals surface area contributed by atoms with Gasteiger partial charge in [-0.2, -0.15) is 0 Å². The summed E-state index contributed by atoms with van der Waals surface area (Å²) in [6.45, 7) is 4.65. The molecule has 0 amide bonds. The summed E-state index contributed by atoms with van der Waals surface area (Å²) in [6.07, 6.45) is 40.3. The van der Waals surface area contributed by atoms with E-state index in [-0.39, 0.29) is 0 Å². The van der Waals surface area contributed by atoms with Gasteiger partial charge in [0.2, 0.25) is 0 Å². The number of fused-ring (bicyclic) bond motifs is 1. The van der Waals surface area contributed by atoms with E-state index >= 15 is 0 Å². The van der Waals surface area contributed by atoms with Gasteiger partial charge < -0.3 is 5.32 Å². The van der Waals surface area contributed by atoms with E-state index in [1.54, 1.807) is 6.42 Å². The monoisotopic (exact) mass is 502 g/mol. The molecule has 1 N–H and O–H groups in total. The lowest BCUT2D eigenvalue weighted by molar-refractivity contribution is 0.0970. The zero-order chi connectivity index (χ0) is 25.3. The standard InChI is InChI=1S/C35H67N/c1-3-5-7-9-10-11-12-13-14-15-16-18-20-31-23-27-35-33(29-31)26-28-34(36-35)32-24-21-30(22-25-32)19-17-8-6-4-2/h30-36H,3-29H2,1-2H3. The molecule has 2 aliphatic carbocycles. The fourth-order valence-corrected chi connectivity index (χ4v) is 8.30. The second kappa shape index (κ2) is 19.1. The summed E-state index contributed by atoms with van der Waals surface area (Å²) in [5.74, 6) is 4.12. The van der Waals surface area contributed by atoms with E-state index < -0.39 is 0 Å². The zero-order valence-corrected chi connectivity index (χ0v) is 25.1. The van der Waals surface area contributed by atoms with Crippen LogP contribution in [0.4, 0.5) is 0 Å². The molecule has 3 aliphatic rings. The first-order chi connectivity index (χ1) is 17.8. The van der Waals surface area contributed by atoms with Crippen LogP contribution in [0.15, 0.2) is 0 Å². The molecule has 1 nitrogen and oxygen atoms in total. The molecule has 4 atom stereocenters. The number of hydrogen-bond acceptors (Lipinski definition) is 1. The van der Waals surface area contributed by atoms with Crippen molar-refractivity contribution in [1.29, 1.82) is 0 Å². The molecule has 36 heavy (non-hydrogen) atoms. The van der Waals surface area contributed by atoms with Gasteiger partial charge in [0.1, 0.15) is 0 Å². The highest BCUT2D eigenvalue weighted by Crippen LogP contribution is 2.41. The van der Waals surface area contributed by atoms with Crippen LogP contribution in [0.2, 0.25) is 0 Å². The van der Waals surface area contributed by atoms with Gasteiger partial charge in [-0.25, -0.2) is 0 Å². The number of unbranched alkanes of at least 4 members (excludes halogenated alkanes) is 14. The van der Waals surface area contributed by atoms with E-state index in [1.165, 1.54) is 167 Å². The molecule has 0 spiro atoms. The van der Waals surface area contributed by atoms with Crippen LogP contribution < -0.4 is 5.32 Å². The Morgan fingerprint density at radius 3 is 1.44 bits per heavy atom. The Hall–Kier alpha value is -0.0400. The molecule has 2 saturated carbocycles. The fraction of sp³-hybridized carbons (Fsp3) is 1.00. The Labute approximate surface area is 228 Å². The Balaban J connectivity index is 1.17. The lowest BCUT2D eigenvalue weighted by atomic mass is 9.68. The maximum Gasteiger partial charge on any atom is 0.00982 e. The van der Waals surface area contributed by atoms with Gasteiger partial charge in [-0.1, -0.05) is 142 Å². The summed E-state index contributed by atoms with van der Waals surface area (Å²) < 4.78 is 0. The minimum atomic E-state index is 0.861. The van der Waals surface area contributed by atoms with Crippen LogP contribution in [0.3, 0.4) is 0 Å². The van der Waals surface area contributed by atoms with Crippen LogP contribution in [0.25, 0.3) is 0 Å². The first-order valence-corrected chi connectivity index (χ1v) is 17.6. The van der Waals surface area contributed by atoms with Crippen LogP contribution in [0.5, 0.6) is 0 Å². The summed E-state index contributed by atoms with van der Waals surface area (Å²) in [4.78, 5) is 0. The lowest BCUT2D eigenvalue weighted by Gasteiger charge is -2.46. The van der Waals surface area contributed by atoms with Gasteiger partial charge in [-0.05, 0) is 68.6 Å². The Kier molecular flexibility index (Phi) is 16.2. The zero-order valence-electron chi connectivity index (χ0n) is 25.1. The van der Waals surface area contributed by atoms with Gasteiger partial charge in [0.15, 0.2) is 0 Å². The summed E-state index contributed by atoms with van der Waals surface area (Å²) in [7, 11) is 0. The second-order valence-electron chi connectivity index (χ2n) is 13.7. The van der Waals surface area contributed by atoms with Gasteiger partial charge in [0.05, 0.1) is 0 Å². The Bertz CT molecular complexity index is 507. The van der Waals surface area contributed by atoms with Crippen LogP contribution in [-0.2, 0) is 0 Å². The van der Waals surface area contributed by atoms with Gasteiger partial charge in [-0.15, -0.1) is 0 Å². The molecule has 1 aliphatic heterocycles. The van der Waals surface area contributed by atoms with Crippen molar-refractivity contribution in [1.82, 2.24) is 5.32 Å². The van der Waals surface area contributed by atoms with Gasteiger partial charge in [0.25, 0.3) is 0 Å². The van der Waals surface area contributed by atoms with Crippen LogP contribution >= 0.6 is 0 Å². The average Bonchev–Trinajstić information content (AvgIpc) is 2.92. The van der Waals surface area contributed by atoms with E-state index in [4.69, 9.17) is 0 Å². The molecule has 212 valence electrons. The molecule has 1 heteroatoms. The Morgan fingerprint density at radius 1 is 0.417 bits per heavy atom. The van der Waals surface area contributed by atoms with Gasteiger partial charge in [0, 0.05) is 12.1 Å². The first-order valence-electron chi connectivity index (χ1n) is 17.6. The summed E-state index contributed by atoms with van der Waals surface area (Å²) in [5.41, 5.74) is 0. The molecule has 3 rings (SSSR count).